The minimum atomic E-state index is -0.344. The van der Waals surface area contributed by atoms with Gasteiger partial charge in [0.25, 0.3) is 5.91 Å². The molecule has 0 unspecified atom stereocenters. The van der Waals surface area contributed by atoms with Gasteiger partial charge in [0.2, 0.25) is 0 Å². The summed E-state index contributed by atoms with van der Waals surface area (Å²) in [6, 6.07) is 6.96. The van der Waals surface area contributed by atoms with E-state index in [1.807, 2.05) is 13.8 Å². The second kappa shape index (κ2) is 5.14. The lowest BCUT2D eigenvalue weighted by molar-refractivity contribution is 0.102. The van der Waals surface area contributed by atoms with E-state index in [2.05, 4.69) is 10.4 Å². The number of para-hydroxylation sites is 1. The number of hydrogen-bond acceptors (Lipinski definition) is 3. The van der Waals surface area contributed by atoms with Crippen LogP contribution in [-0.4, -0.2) is 20.8 Å². The Labute approximate surface area is 111 Å². The van der Waals surface area contributed by atoms with Gasteiger partial charge in [-0.15, -0.1) is 0 Å². The van der Waals surface area contributed by atoms with E-state index in [4.69, 9.17) is 0 Å². The lowest BCUT2D eigenvalue weighted by Crippen LogP contribution is -2.17. The van der Waals surface area contributed by atoms with Gasteiger partial charge in [-0.1, -0.05) is 12.1 Å². The van der Waals surface area contributed by atoms with E-state index >= 15 is 0 Å². The minimum absolute atomic E-state index is 0.00983. The van der Waals surface area contributed by atoms with Gasteiger partial charge >= 0.3 is 0 Å². The zero-order valence-electron chi connectivity index (χ0n) is 11.2. The standard InChI is InChI=1S/C14H17N3O2/c1-9(2)17-12(7-8-15-17)16-14(19)11-6-4-5-10(3)13(11)18/h4-9,18H,1-3H3,(H,16,19). The molecule has 0 fully saturated rings. The Morgan fingerprint density at radius 1 is 1.37 bits per heavy atom. The number of phenolic OH excluding ortho intramolecular Hbond substituents is 1. The normalized spacial score (nSPS) is 10.7. The number of amides is 1. The summed E-state index contributed by atoms with van der Waals surface area (Å²) >= 11 is 0. The second-order valence-corrected chi connectivity index (χ2v) is 4.68. The molecular formula is C14H17N3O2. The number of carbonyl (C=O) groups is 1. The predicted molar refractivity (Wildman–Crippen MR) is 73.4 cm³/mol. The third-order valence-corrected chi connectivity index (χ3v) is 2.88. The number of carbonyl (C=O) groups excluding carboxylic acids is 1. The van der Waals surface area contributed by atoms with E-state index < -0.39 is 0 Å². The van der Waals surface area contributed by atoms with Crippen molar-refractivity contribution in [3.05, 3.63) is 41.6 Å². The molecule has 0 saturated heterocycles. The molecule has 1 heterocycles. The molecule has 0 saturated carbocycles. The molecule has 5 nitrogen and oxygen atoms in total. The van der Waals surface area contributed by atoms with Gasteiger partial charge in [-0.05, 0) is 32.4 Å². The van der Waals surface area contributed by atoms with Gasteiger partial charge in [-0.25, -0.2) is 4.68 Å². The van der Waals surface area contributed by atoms with E-state index in [9.17, 15) is 9.90 Å². The number of rotatable bonds is 3. The third kappa shape index (κ3) is 2.59. The van der Waals surface area contributed by atoms with Gasteiger partial charge in [0.1, 0.15) is 11.6 Å². The summed E-state index contributed by atoms with van der Waals surface area (Å²) in [5.74, 6) is 0.278. The number of nitrogens with zero attached hydrogens (tertiary/aromatic N) is 2. The van der Waals surface area contributed by atoms with Gasteiger partial charge in [0, 0.05) is 12.1 Å². The topological polar surface area (TPSA) is 67.2 Å². The highest BCUT2D eigenvalue weighted by Crippen LogP contribution is 2.23. The van der Waals surface area contributed by atoms with Crippen molar-refractivity contribution < 1.29 is 9.90 Å². The molecule has 5 heteroatoms. The Bertz CT molecular complexity index is 602. The summed E-state index contributed by atoms with van der Waals surface area (Å²) in [4.78, 5) is 12.1. The van der Waals surface area contributed by atoms with Gasteiger partial charge in [-0.3, -0.25) is 4.79 Å². The first-order chi connectivity index (χ1) is 9.00. The first-order valence-corrected chi connectivity index (χ1v) is 6.14. The van der Waals surface area contributed by atoms with E-state index in [0.717, 1.165) is 0 Å². The van der Waals surface area contributed by atoms with Crippen LogP contribution in [-0.2, 0) is 0 Å². The van der Waals surface area contributed by atoms with Crippen molar-refractivity contribution >= 4 is 11.7 Å². The maximum atomic E-state index is 12.1. The number of aryl methyl sites for hydroxylation is 1. The minimum Gasteiger partial charge on any atom is -0.507 e. The van der Waals surface area contributed by atoms with Crippen LogP contribution in [0.3, 0.4) is 0 Å². The largest absolute Gasteiger partial charge is 0.507 e. The molecule has 0 aliphatic heterocycles. The fourth-order valence-corrected chi connectivity index (χ4v) is 1.85. The summed E-state index contributed by atoms with van der Waals surface area (Å²) < 4.78 is 1.71. The molecular weight excluding hydrogens is 242 g/mol. The smallest absolute Gasteiger partial charge is 0.260 e. The van der Waals surface area contributed by atoms with Crippen LogP contribution in [0.4, 0.5) is 5.82 Å². The molecule has 2 rings (SSSR count). The molecule has 100 valence electrons. The molecule has 0 atom stereocenters. The second-order valence-electron chi connectivity index (χ2n) is 4.68. The number of hydrogen-bond donors (Lipinski definition) is 2. The Morgan fingerprint density at radius 3 is 2.79 bits per heavy atom. The summed E-state index contributed by atoms with van der Waals surface area (Å²) in [6.45, 7) is 5.71. The van der Waals surface area contributed by atoms with Crippen LogP contribution in [0.15, 0.2) is 30.5 Å². The average Bonchev–Trinajstić information content (AvgIpc) is 2.80. The monoisotopic (exact) mass is 259 g/mol. The fourth-order valence-electron chi connectivity index (χ4n) is 1.85. The molecule has 0 bridgehead atoms. The number of aromatic nitrogens is 2. The van der Waals surface area contributed by atoms with Gasteiger partial charge in [0.05, 0.1) is 11.8 Å². The van der Waals surface area contributed by atoms with Crippen LogP contribution in [0, 0.1) is 6.92 Å². The highest BCUT2D eigenvalue weighted by Gasteiger charge is 2.15. The Kier molecular flexibility index (Phi) is 3.55. The Morgan fingerprint density at radius 2 is 2.11 bits per heavy atom. The highest BCUT2D eigenvalue weighted by molar-refractivity contribution is 6.05. The molecule has 1 aromatic carbocycles. The van der Waals surface area contributed by atoms with Crippen molar-refractivity contribution in [2.45, 2.75) is 26.8 Å². The van der Waals surface area contributed by atoms with Crippen LogP contribution in [0.5, 0.6) is 5.75 Å². The van der Waals surface area contributed by atoms with Crippen molar-refractivity contribution in [3.63, 3.8) is 0 Å². The maximum Gasteiger partial charge on any atom is 0.260 e. The molecule has 2 aromatic rings. The molecule has 0 radical (unpaired) electrons. The molecule has 0 aliphatic carbocycles. The first-order valence-electron chi connectivity index (χ1n) is 6.14. The van der Waals surface area contributed by atoms with Gasteiger partial charge < -0.3 is 10.4 Å². The van der Waals surface area contributed by atoms with E-state index in [1.165, 1.54) is 0 Å². The van der Waals surface area contributed by atoms with Crippen LogP contribution < -0.4 is 5.32 Å². The van der Waals surface area contributed by atoms with Crippen molar-refractivity contribution in [2.75, 3.05) is 5.32 Å². The zero-order chi connectivity index (χ0) is 14.0. The van der Waals surface area contributed by atoms with Crippen molar-refractivity contribution in [3.8, 4) is 5.75 Å². The van der Waals surface area contributed by atoms with Crippen LogP contribution >= 0.6 is 0 Å². The highest BCUT2D eigenvalue weighted by atomic mass is 16.3. The Hall–Kier alpha value is -2.30. The van der Waals surface area contributed by atoms with Crippen molar-refractivity contribution in [1.29, 1.82) is 0 Å². The molecule has 0 spiro atoms. The van der Waals surface area contributed by atoms with E-state index in [0.29, 0.717) is 11.4 Å². The van der Waals surface area contributed by atoms with Crippen LogP contribution in [0.25, 0.3) is 0 Å². The summed E-state index contributed by atoms with van der Waals surface area (Å²) in [5.41, 5.74) is 0.932. The van der Waals surface area contributed by atoms with Crippen LogP contribution in [0.2, 0.25) is 0 Å². The van der Waals surface area contributed by atoms with Gasteiger partial charge in [0.15, 0.2) is 0 Å². The van der Waals surface area contributed by atoms with Gasteiger partial charge in [-0.2, -0.15) is 5.10 Å². The number of phenols is 1. The molecule has 0 aliphatic rings. The van der Waals surface area contributed by atoms with Crippen molar-refractivity contribution in [2.24, 2.45) is 0 Å². The quantitative estimate of drug-likeness (QED) is 0.890. The summed E-state index contributed by atoms with van der Waals surface area (Å²) in [7, 11) is 0. The zero-order valence-corrected chi connectivity index (χ0v) is 11.2. The third-order valence-electron chi connectivity index (χ3n) is 2.88. The fraction of sp³-hybridized carbons (Fsp3) is 0.286. The number of anilines is 1. The first kappa shape index (κ1) is 13.1. The molecule has 1 aromatic heterocycles. The lowest BCUT2D eigenvalue weighted by atomic mass is 10.1. The summed E-state index contributed by atoms with van der Waals surface area (Å²) in [5, 5.41) is 16.8. The number of nitrogens with one attached hydrogen (secondary N) is 1. The molecule has 1 amide bonds. The van der Waals surface area contributed by atoms with Crippen LogP contribution in [0.1, 0.15) is 35.8 Å². The number of aromatic hydroxyl groups is 1. The predicted octanol–water partition coefficient (Wildman–Crippen LogP) is 2.73. The Balaban J connectivity index is 2.26. The average molecular weight is 259 g/mol. The van der Waals surface area contributed by atoms with E-state index in [-0.39, 0.29) is 23.3 Å². The molecule has 19 heavy (non-hydrogen) atoms. The van der Waals surface area contributed by atoms with E-state index in [1.54, 1.807) is 42.1 Å². The molecule has 2 N–H and O–H groups in total. The maximum absolute atomic E-state index is 12.1. The summed E-state index contributed by atoms with van der Waals surface area (Å²) in [6.07, 6.45) is 1.63. The SMILES string of the molecule is Cc1cccc(C(=O)Nc2ccnn2C(C)C)c1O. The number of benzene rings is 1. The lowest BCUT2D eigenvalue weighted by Gasteiger charge is -2.12. The van der Waals surface area contributed by atoms with Crippen molar-refractivity contribution in [1.82, 2.24) is 9.78 Å².